The standard InChI is InChI=1S/C12H17NO4/c14-10-8-9(12(17)13-10)6-4-2-1-3-5-7-11(15)16/h8H,1-7H2,(H,15,16)(H,13,14,17). The van der Waals surface area contributed by atoms with E-state index in [0.717, 1.165) is 25.7 Å². The van der Waals surface area contributed by atoms with E-state index in [-0.39, 0.29) is 18.2 Å². The number of nitrogens with one attached hydrogen (secondary N) is 1. The SMILES string of the molecule is O=C(O)CCCCCCCC1=CC(=O)NC1=O. The molecule has 0 atom stereocenters. The minimum Gasteiger partial charge on any atom is -0.481 e. The Morgan fingerprint density at radius 2 is 1.76 bits per heavy atom. The number of aliphatic carboxylic acids is 1. The molecule has 5 nitrogen and oxygen atoms in total. The lowest BCUT2D eigenvalue weighted by Gasteiger charge is -2.00. The maximum atomic E-state index is 11.2. The smallest absolute Gasteiger partial charge is 0.303 e. The second-order valence-electron chi connectivity index (χ2n) is 4.15. The van der Waals surface area contributed by atoms with Crippen molar-refractivity contribution in [3.05, 3.63) is 11.6 Å². The van der Waals surface area contributed by atoms with Crippen LogP contribution >= 0.6 is 0 Å². The van der Waals surface area contributed by atoms with E-state index in [1.807, 2.05) is 0 Å². The van der Waals surface area contributed by atoms with Crippen LogP contribution < -0.4 is 5.32 Å². The van der Waals surface area contributed by atoms with E-state index in [2.05, 4.69) is 5.32 Å². The van der Waals surface area contributed by atoms with Crippen molar-refractivity contribution in [2.24, 2.45) is 0 Å². The molecule has 94 valence electrons. The topological polar surface area (TPSA) is 83.5 Å². The minimum atomic E-state index is -0.753. The van der Waals surface area contributed by atoms with Gasteiger partial charge in [-0.3, -0.25) is 19.7 Å². The van der Waals surface area contributed by atoms with Crippen LogP contribution in [0.1, 0.15) is 44.9 Å². The zero-order valence-electron chi connectivity index (χ0n) is 9.70. The normalized spacial score (nSPS) is 14.7. The predicted molar refractivity (Wildman–Crippen MR) is 61.2 cm³/mol. The second-order valence-corrected chi connectivity index (χ2v) is 4.15. The molecule has 0 bridgehead atoms. The van der Waals surface area contributed by atoms with Crippen LogP contribution in [0, 0.1) is 0 Å². The number of carboxylic acids is 1. The average Bonchev–Trinajstić information content (AvgIpc) is 2.55. The maximum Gasteiger partial charge on any atom is 0.303 e. The zero-order chi connectivity index (χ0) is 12.7. The summed E-state index contributed by atoms with van der Waals surface area (Å²) in [4.78, 5) is 32.2. The predicted octanol–water partition coefficient (Wildman–Crippen LogP) is 1.38. The van der Waals surface area contributed by atoms with Gasteiger partial charge in [-0.05, 0) is 19.3 Å². The van der Waals surface area contributed by atoms with Crippen LogP contribution in [0.3, 0.4) is 0 Å². The van der Waals surface area contributed by atoms with Crippen LogP contribution in [-0.4, -0.2) is 22.9 Å². The van der Waals surface area contributed by atoms with Crippen LogP contribution in [0.25, 0.3) is 0 Å². The third-order valence-electron chi connectivity index (χ3n) is 2.67. The van der Waals surface area contributed by atoms with Gasteiger partial charge < -0.3 is 5.11 Å². The highest BCUT2D eigenvalue weighted by Crippen LogP contribution is 2.14. The van der Waals surface area contributed by atoms with Gasteiger partial charge >= 0.3 is 5.97 Å². The Balaban J connectivity index is 2.01. The van der Waals surface area contributed by atoms with Gasteiger partial charge in [-0.25, -0.2) is 0 Å². The number of imide groups is 1. The summed E-state index contributed by atoms with van der Waals surface area (Å²) in [6.07, 6.45) is 6.59. The van der Waals surface area contributed by atoms with Gasteiger partial charge in [-0.2, -0.15) is 0 Å². The summed E-state index contributed by atoms with van der Waals surface area (Å²) in [6.45, 7) is 0. The lowest BCUT2D eigenvalue weighted by molar-refractivity contribution is -0.137. The molecule has 0 radical (unpaired) electrons. The first kappa shape index (κ1) is 13.4. The quantitative estimate of drug-likeness (QED) is 0.495. The number of carbonyl (C=O) groups excluding carboxylic acids is 2. The first-order chi connectivity index (χ1) is 8.09. The highest BCUT2D eigenvalue weighted by molar-refractivity contribution is 6.16. The van der Waals surface area contributed by atoms with E-state index in [4.69, 9.17) is 5.11 Å². The Labute approximate surface area is 99.9 Å². The molecule has 0 saturated carbocycles. The molecule has 2 N–H and O–H groups in total. The van der Waals surface area contributed by atoms with Crippen molar-refractivity contribution in [3.63, 3.8) is 0 Å². The van der Waals surface area contributed by atoms with Crippen LogP contribution in [0.5, 0.6) is 0 Å². The van der Waals surface area contributed by atoms with Gasteiger partial charge in [-0.15, -0.1) is 0 Å². The molecule has 0 fully saturated rings. The van der Waals surface area contributed by atoms with Crippen LogP contribution in [0.4, 0.5) is 0 Å². The molecule has 1 aliphatic rings. The van der Waals surface area contributed by atoms with Gasteiger partial charge in [0.05, 0.1) is 0 Å². The molecule has 0 saturated heterocycles. The fourth-order valence-corrected chi connectivity index (χ4v) is 1.76. The third kappa shape index (κ3) is 5.29. The molecule has 0 aromatic carbocycles. The summed E-state index contributed by atoms with van der Waals surface area (Å²) in [5.74, 6) is -1.36. The molecule has 0 spiro atoms. The first-order valence-corrected chi connectivity index (χ1v) is 5.87. The average molecular weight is 239 g/mol. The van der Waals surface area contributed by atoms with Gasteiger partial charge in [0.15, 0.2) is 0 Å². The summed E-state index contributed by atoms with van der Waals surface area (Å²) >= 11 is 0. The summed E-state index contributed by atoms with van der Waals surface area (Å²) in [5.41, 5.74) is 0.556. The summed E-state index contributed by atoms with van der Waals surface area (Å²) in [5, 5.41) is 10.6. The van der Waals surface area contributed by atoms with E-state index in [1.165, 1.54) is 6.08 Å². The van der Waals surface area contributed by atoms with Gasteiger partial charge in [0.1, 0.15) is 0 Å². The highest BCUT2D eigenvalue weighted by Gasteiger charge is 2.19. The highest BCUT2D eigenvalue weighted by atomic mass is 16.4. The monoisotopic (exact) mass is 239 g/mol. The molecule has 2 amide bonds. The lowest BCUT2D eigenvalue weighted by Crippen LogP contribution is -2.22. The van der Waals surface area contributed by atoms with Gasteiger partial charge in [0, 0.05) is 18.1 Å². The number of hydrogen-bond donors (Lipinski definition) is 2. The Morgan fingerprint density at radius 3 is 2.35 bits per heavy atom. The van der Waals surface area contributed by atoms with Crippen molar-refractivity contribution in [2.45, 2.75) is 44.9 Å². The van der Waals surface area contributed by atoms with E-state index in [1.54, 1.807) is 0 Å². The van der Waals surface area contributed by atoms with Crippen LogP contribution in [0.2, 0.25) is 0 Å². The number of hydrogen-bond acceptors (Lipinski definition) is 3. The number of carboxylic acid groups (broad SMARTS) is 1. The molecular formula is C12H17NO4. The Morgan fingerprint density at radius 1 is 1.12 bits per heavy atom. The Kier molecular flexibility index (Phi) is 5.39. The molecule has 0 aliphatic carbocycles. The van der Waals surface area contributed by atoms with Crippen molar-refractivity contribution in [1.29, 1.82) is 0 Å². The van der Waals surface area contributed by atoms with Crippen molar-refractivity contribution < 1.29 is 19.5 Å². The van der Waals surface area contributed by atoms with Crippen LogP contribution in [0.15, 0.2) is 11.6 Å². The zero-order valence-corrected chi connectivity index (χ0v) is 9.70. The van der Waals surface area contributed by atoms with Gasteiger partial charge in [0.2, 0.25) is 0 Å². The fraction of sp³-hybridized carbons (Fsp3) is 0.583. The molecule has 17 heavy (non-hydrogen) atoms. The Hall–Kier alpha value is -1.65. The summed E-state index contributed by atoms with van der Waals surface area (Å²) < 4.78 is 0. The molecule has 1 rings (SSSR count). The number of carbonyl (C=O) groups is 3. The molecule has 1 heterocycles. The number of rotatable bonds is 8. The summed E-state index contributed by atoms with van der Waals surface area (Å²) in [7, 11) is 0. The molecule has 0 unspecified atom stereocenters. The van der Waals surface area contributed by atoms with E-state index < -0.39 is 5.97 Å². The van der Waals surface area contributed by atoms with E-state index in [0.29, 0.717) is 18.4 Å². The van der Waals surface area contributed by atoms with Gasteiger partial charge in [-0.1, -0.05) is 19.3 Å². The first-order valence-electron chi connectivity index (χ1n) is 5.87. The van der Waals surface area contributed by atoms with Crippen molar-refractivity contribution in [3.8, 4) is 0 Å². The Bertz CT molecular complexity index is 346. The second kappa shape index (κ2) is 6.83. The molecular weight excluding hydrogens is 222 g/mol. The summed E-state index contributed by atoms with van der Waals surface area (Å²) in [6, 6.07) is 0. The van der Waals surface area contributed by atoms with E-state index in [9.17, 15) is 14.4 Å². The lowest BCUT2D eigenvalue weighted by atomic mass is 10.1. The number of unbranched alkanes of at least 4 members (excludes halogenated alkanes) is 4. The largest absolute Gasteiger partial charge is 0.481 e. The third-order valence-corrected chi connectivity index (χ3v) is 2.67. The maximum absolute atomic E-state index is 11.2. The molecule has 0 aromatic heterocycles. The van der Waals surface area contributed by atoms with Crippen LogP contribution in [-0.2, 0) is 14.4 Å². The molecule has 1 aliphatic heterocycles. The van der Waals surface area contributed by atoms with Crippen molar-refractivity contribution in [2.75, 3.05) is 0 Å². The minimum absolute atomic E-state index is 0.224. The van der Waals surface area contributed by atoms with Crippen molar-refractivity contribution in [1.82, 2.24) is 5.32 Å². The fourth-order valence-electron chi connectivity index (χ4n) is 1.76. The number of amides is 2. The molecule has 5 heteroatoms. The molecule has 0 aromatic rings. The van der Waals surface area contributed by atoms with Gasteiger partial charge in [0.25, 0.3) is 11.8 Å². The van der Waals surface area contributed by atoms with Crippen molar-refractivity contribution >= 4 is 17.8 Å². The van der Waals surface area contributed by atoms with E-state index >= 15 is 0 Å².